The minimum absolute atomic E-state index is 0.0664. The van der Waals surface area contributed by atoms with Gasteiger partial charge >= 0.3 is 11.9 Å². The quantitative estimate of drug-likeness (QED) is 0.0442. The molecule has 0 radical (unpaired) electrons. The van der Waals surface area contributed by atoms with Crippen LogP contribution in [0.15, 0.2) is 104 Å². The van der Waals surface area contributed by atoms with Gasteiger partial charge in [-0.15, -0.1) is 23.5 Å². The third-order valence-electron chi connectivity index (χ3n) is 7.03. The first kappa shape index (κ1) is 42.6. The van der Waals surface area contributed by atoms with Gasteiger partial charge in [0.25, 0.3) is 0 Å². The van der Waals surface area contributed by atoms with Gasteiger partial charge in [-0.05, 0) is 65.7 Å². The number of benzene rings is 4. The molecule has 51 heavy (non-hydrogen) atoms. The second kappa shape index (κ2) is 22.3. The number of hydrogen-bond donors (Lipinski definition) is 0. The Bertz CT molecular complexity index is 1690. The average molecular weight is 881 g/mol. The van der Waals surface area contributed by atoms with E-state index in [1.807, 2.05) is 60.7 Å². The molecule has 13 heteroatoms. The maximum absolute atomic E-state index is 12.9. The smallest absolute Gasteiger partial charge is 0.342 e. The summed E-state index contributed by atoms with van der Waals surface area (Å²) in [5, 5.41) is 0. The summed E-state index contributed by atoms with van der Waals surface area (Å²) in [6.45, 7) is 7.34. The van der Waals surface area contributed by atoms with E-state index in [2.05, 4.69) is 63.6 Å². The summed E-state index contributed by atoms with van der Waals surface area (Å²) < 4.78 is 33.3. The number of carbonyl (C=O) groups is 2. The summed E-state index contributed by atoms with van der Waals surface area (Å²) in [5.74, 6) is 1.37. The fraction of sp³-hybridized carbons (Fsp3) is 0.316. The Morgan fingerprint density at radius 3 is 1.45 bits per heavy atom. The van der Waals surface area contributed by atoms with Gasteiger partial charge in [-0.1, -0.05) is 87.9 Å². The van der Waals surface area contributed by atoms with E-state index in [4.69, 9.17) is 28.4 Å². The molecule has 0 heterocycles. The summed E-state index contributed by atoms with van der Waals surface area (Å²) >= 11 is 10.4. The molecule has 0 saturated heterocycles. The molecule has 4 rings (SSSR count). The van der Waals surface area contributed by atoms with Crippen LogP contribution in [0.5, 0.6) is 11.5 Å². The molecule has 274 valence electrons. The molecular formula is C38H44Br2O8S2Si. The highest BCUT2D eigenvalue weighted by Crippen LogP contribution is 2.36. The lowest BCUT2D eigenvalue weighted by Crippen LogP contribution is -2.23. The van der Waals surface area contributed by atoms with Crippen molar-refractivity contribution in [2.45, 2.75) is 47.0 Å². The molecular weight excluding hydrogens is 836 g/mol. The first-order chi connectivity index (χ1) is 24.5. The van der Waals surface area contributed by atoms with Crippen molar-refractivity contribution >= 4 is 75.4 Å². The van der Waals surface area contributed by atoms with Crippen LogP contribution in [-0.4, -0.2) is 61.5 Å². The van der Waals surface area contributed by atoms with E-state index >= 15 is 0 Å². The standard InChI is InChI=1S/C21H27BrO4SSi.C17H17BrO4S/c1-24-15-26-19-11-10-18(22)17(14-27-16-8-6-5-7-9-16)20(19)21(23)25-12-13-28(2,3)4;1-20-11-22-15-9-8-14(18)13(16(15)17(19)21-2)10-23-12-6-4-3-5-7-12/h5-11H,12-15H2,1-4H3;3-9H,10-11H2,1-2H3. The molecule has 0 N–H and O–H groups in total. The third-order valence-corrected chi connectivity index (χ3v) is 12.3. The van der Waals surface area contributed by atoms with Crippen LogP contribution in [0.2, 0.25) is 25.7 Å². The average Bonchev–Trinajstić information content (AvgIpc) is 3.12. The second-order valence-electron chi connectivity index (χ2n) is 12.0. The van der Waals surface area contributed by atoms with Crippen LogP contribution in [0.3, 0.4) is 0 Å². The number of ether oxygens (including phenoxy) is 6. The molecule has 0 aliphatic heterocycles. The Balaban J connectivity index is 0.000000281. The number of halogens is 2. The number of thioether (sulfide) groups is 2. The van der Waals surface area contributed by atoms with E-state index in [0.29, 0.717) is 40.7 Å². The van der Waals surface area contributed by atoms with Gasteiger partial charge in [-0.25, -0.2) is 9.59 Å². The van der Waals surface area contributed by atoms with E-state index in [1.165, 1.54) is 14.2 Å². The molecule has 0 unspecified atom stereocenters. The number of esters is 2. The third kappa shape index (κ3) is 14.3. The zero-order valence-corrected chi connectivity index (χ0v) is 35.5. The monoisotopic (exact) mass is 878 g/mol. The Labute approximate surface area is 327 Å². The summed E-state index contributed by atoms with van der Waals surface area (Å²) in [6.07, 6.45) is 0. The van der Waals surface area contributed by atoms with Crippen LogP contribution in [0.1, 0.15) is 31.8 Å². The van der Waals surface area contributed by atoms with E-state index in [9.17, 15) is 9.59 Å². The first-order valence-electron chi connectivity index (χ1n) is 16.0. The van der Waals surface area contributed by atoms with Gasteiger partial charge in [0, 0.05) is 52.5 Å². The van der Waals surface area contributed by atoms with Crippen LogP contribution >= 0.6 is 55.4 Å². The van der Waals surface area contributed by atoms with Crippen LogP contribution in [0.25, 0.3) is 0 Å². The van der Waals surface area contributed by atoms with Crippen molar-refractivity contribution in [1.29, 1.82) is 0 Å². The molecule has 0 spiro atoms. The summed E-state index contributed by atoms with van der Waals surface area (Å²) in [7, 11) is 3.16. The topological polar surface area (TPSA) is 89.5 Å². The van der Waals surface area contributed by atoms with Crippen molar-refractivity contribution in [2.75, 3.05) is 41.5 Å². The molecule has 0 aliphatic carbocycles. The highest BCUT2D eigenvalue weighted by molar-refractivity contribution is 9.10. The molecule has 0 aliphatic rings. The number of methoxy groups -OCH3 is 3. The zero-order chi connectivity index (χ0) is 37.2. The van der Waals surface area contributed by atoms with E-state index < -0.39 is 14.0 Å². The fourth-order valence-electron chi connectivity index (χ4n) is 4.39. The Hall–Kier alpha value is -2.78. The van der Waals surface area contributed by atoms with Gasteiger partial charge in [0.15, 0.2) is 13.6 Å². The SMILES string of the molecule is COCOc1ccc(Br)c(CSc2ccccc2)c1C(=O)OC.COCOc1ccc(Br)c(CSc2ccccc2)c1C(=O)OCC[Si](C)(C)C. The maximum atomic E-state index is 12.9. The minimum atomic E-state index is -1.29. The van der Waals surface area contributed by atoms with Gasteiger partial charge in [-0.2, -0.15) is 0 Å². The molecule has 0 atom stereocenters. The zero-order valence-electron chi connectivity index (χ0n) is 29.7. The van der Waals surface area contributed by atoms with E-state index in [-0.39, 0.29) is 19.6 Å². The highest BCUT2D eigenvalue weighted by atomic mass is 79.9. The van der Waals surface area contributed by atoms with Crippen molar-refractivity contribution in [3.8, 4) is 11.5 Å². The molecule has 8 nitrogen and oxygen atoms in total. The predicted octanol–water partition coefficient (Wildman–Crippen LogP) is 10.7. The number of rotatable bonds is 17. The number of carbonyl (C=O) groups excluding carboxylic acids is 2. The van der Waals surface area contributed by atoms with Gasteiger partial charge in [0.1, 0.15) is 22.6 Å². The van der Waals surface area contributed by atoms with E-state index in [0.717, 1.165) is 35.9 Å². The van der Waals surface area contributed by atoms with Gasteiger partial charge in [0.2, 0.25) is 0 Å². The van der Waals surface area contributed by atoms with Gasteiger partial charge < -0.3 is 28.4 Å². The lowest BCUT2D eigenvalue weighted by molar-refractivity contribution is 0.0434. The Kier molecular flexibility index (Phi) is 18.7. The summed E-state index contributed by atoms with van der Waals surface area (Å²) in [6, 6.07) is 28.3. The molecule has 0 amide bonds. The van der Waals surface area contributed by atoms with Crippen molar-refractivity contribution in [2.24, 2.45) is 0 Å². The molecule has 0 bridgehead atoms. The minimum Gasteiger partial charge on any atom is -0.467 e. The summed E-state index contributed by atoms with van der Waals surface area (Å²) in [5.41, 5.74) is 2.58. The maximum Gasteiger partial charge on any atom is 0.342 e. The summed E-state index contributed by atoms with van der Waals surface area (Å²) in [4.78, 5) is 27.4. The van der Waals surface area contributed by atoms with Crippen LogP contribution in [-0.2, 0) is 30.5 Å². The Morgan fingerprint density at radius 1 is 0.627 bits per heavy atom. The van der Waals surface area contributed by atoms with Gasteiger partial charge in [0.05, 0.1) is 13.7 Å². The lowest BCUT2D eigenvalue weighted by atomic mass is 10.1. The van der Waals surface area contributed by atoms with Crippen molar-refractivity contribution in [1.82, 2.24) is 0 Å². The fourth-order valence-corrected chi connectivity index (χ4v) is 8.33. The van der Waals surface area contributed by atoms with Crippen LogP contribution in [0, 0.1) is 0 Å². The van der Waals surface area contributed by atoms with Gasteiger partial charge in [-0.3, -0.25) is 0 Å². The normalized spacial score (nSPS) is 10.9. The Morgan fingerprint density at radius 2 is 1.06 bits per heavy atom. The molecule has 4 aromatic rings. The van der Waals surface area contributed by atoms with Crippen molar-refractivity contribution < 1.29 is 38.0 Å². The first-order valence-corrected chi connectivity index (χ1v) is 23.2. The molecule has 0 fully saturated rings. The lowest BCUT2D eigenvalue weighted by Gasteiger charge is -2.18. The molecule has 4 aromatic carbocycles. The molecule has 0 aromatic heterocycles. The van der Waals surface area contributed by atoms with Crippen LogP contribution in [0.4, 0.5) is 0 Å². The largest absolute Gasteiger partial charge is 0.467 e. The highest BCUT2D eigenvalue weighted by Gasteiger charge is 2.24. The van der Waals surface area contributed by atoms with E-state index in [1.54, 1.807) is 42.8 Å². The van der Waals surface area contributed by atoms with Crippen LogP contribution < -0.4 is 9.47 Å². The molecule has 0 saturated carbocycles. The van der Waals surface area contributed by atoms with Crippen molar-refractivity contribution in [3.63, 3.8) is 0 Å². The van der Waals surface area contributed by atoms with Crippen molar-refractivity contribution in [3.05, 3.63) is 116 Å². The number of hydrogen-bond acceptors (Lipinski definition) is 10. The second-order valence-corrected chi connectivity index (χ2v) is 21.5. The predicted molar refractivity (Wildman–Crippen MR) is 215 cm³/mol.